The first-order valence-corrected chi connectivity index (χ1v) is 4.54. The summed E-state index contributed by atoms with van der Waals surface area (Å²) in [6.07, 6.45) is 0. The lowest BCUT2D eigenvalue weighted by Gasteiger charge is -1.99. The summed E-state index contributed by atoms with van der Waals surface area (Å²) in [6, 6.07) is 4.29. The minimum Gasteiger partial charge on any atom is -0.508 e. The average Bonchev–Trinajstić information content (AvgIpc) is 2.43. The van der Waals surface area contributed by atoms with Crippen molar-refractivity contribution in [3.63, 3.8) is 0 Å². The van der Waals surface area contributed by atoms with Gasteiger partial charge in [0.05, 0.1) is 6.61 Å². The van der Waals surface area contributed by atoms with Crippen LogP contribution in [0.15, 0.2) is 18.2 Å². The van der Waals surface area contributed by atoms with Gasteiger partial charge in [0, 0.05) is 10.1 Å². The second kappa shape index (κ2) is 2.97. The van der Waals surface area contributed by atoms with Crippen molar-refractivity contribution in [2.75, 3.05) is 0 Å². The van der Waals surface area contributed by atoms with E-state index in [-0.39, 0.29) is 17.5 Å². The second-order valence-corrected chi connectivity index (χ2v) is 3.76. The quantitative estimate of drug-likeness (QED) is 0.737. The molecule has 4 heteroatoms. The first-order chi connectivity index (χ1) is 6.20. The highest BCUT2D eigenvalue weighted by Gasteiger charge is 2.07. The Hall–Kier alpha value is -1.13. The van der Waals surface area contributed by atoms with Gasteiger partial charge in [0.25, 0.3) is 0 Å². The molecule has 1 aromatic carbocycles. The third-order valence-corrected chi connectivity index (χ3v) is 2.72. The molecule has 0 radical (unpaired) electrons. The molecule has 13 heavy (non-hydrogen) atoms. The van der Waals surface area contributed by atoms with Gasteiger partial charge >= 0.3 is 0 Å². The van der Waals surface area contributed by atoms with Crippen LogP contribution < -0.4 is 0 Å². The number of aliphatic hydroxyl groups excluding tert-OH is 1. The molecule has 2 N–H and O–H groups in total. The molecule has 0 fully saturated rings. The van der Waals surface area contributed by atoms with Gasteiger partial charge in [-0.15, -0.1) is 11.3 Å². The van der Waals surface area contributed by atoms with Gasteiger partial charge in [-0.25, -0.2) is 0 Å². The Kier molecular flexibility index (Phi) is 1.94. The molecule has 0 aliphatic heterocycles. The Morgan fingerprint density at radius 2 is 2.08 bits per heavy atom. The standard InChI is InChI=1S/C9H7FO2S/c10-9-3-7-5(4-11)1-6(12)2-8(7)13-9/h1-3,11-12H,4H2. The summed E-state index contributed by atoms with van der Waals surface area (Å²) in [5.74, 6) is 0.0541. The molecule has 0 atom stereocenters. The SMILES string of the molecule is OCc1cc(O)cc2sc(F)cc12. The van der Waals surface area contributed by atoms with Crippen molar-refractivity contribution in [2.45, 2.75) is 6.61 Å². The van der Waals surface area contributed by atoms with Crippen LogP contribution in [0.25, 0.3) is 10.1 Å². The fourth-order valence-corrected chi connectivity index (χ4v) is 2.16. The van der Waals surface area contributed by atoms with E-state index in [2.05, 4.69) is 0 Å². The van der Waals surface area contributed by atoms with Gasteiger partial charge in [0.15, 0.2) is 5.13 Å². The molecule has 0 spiro atoms. The number of fused-ring (bicyclic) bond motifs is 1. The summed E-state index contributed by atoms with van der Waals surface area (Å²) in [7, 11) is 0. The third kappa shape index (κ3) is 1.38. The zero-order valence-corrected chi connectivity index (χ0v) is 7.44. The van der Waals surface area contributed by atoms with E-state index in [0.717, 1.165) is 11.3 Å². The number of thiophene rings is 1. The Morgan fingerprint density at radius 3 is 2.77 bits per heavy atom. The third-order valence-electron chi connectivity index (χ3n) is 1.85. The lowest BCUT2D eigenvalue weighted by Crippen LogP contribution is -1.82. The molecule has 2 aromatic rings. The van der Waals surface area contributed by atoms with Crippen LogP contribution >= 0.6 is 11.3 Å². The molecule has 0 saturated carbocycles. The van der Waals surface area contributed by atoms with Gasteiger partial charge in [0.1, 0.15) is 5.75 Å². The zero-order chi connectivity index (χ0) is 9.42. The Morgan fingerprint density at radius 1 is 1.31 bits per heavy atom. The van der Waals surface area contributed by atoms with Crippen molar-refractivity contribution in [3.05, 3.63) is 28.9 Å². The molecule has 0 aliphatic rings. The Labute approximate surface area is 77.9 Å². The molecule has 0 amide bonds. The normalized spacial score (nSPS) is 10.9. The lowest BCUT2D eigenvalue weighted by atomic mass is 10.1. The van der Waals surface area contributed by atoms with E-state index in [4.69, 9.17) is 5.11 Å². The summed E-state index contributed by atoms with van der Waals surface area (Å²) in [4.78, 5) is 0. The van der Waals surface area contributed by atoms with Crippen molar-refractivity contribution in [1.29, 1.82) is 0 Å². The maximum absolute atomic E-state index is 12.8. The van der Waals surface area contributed by atoms with Crippen molar-refractivity contribution in [2.24, 2.45) is 0 Å². The zero-order valence-electron chi connectivity index (χ0n) is 6.62. The van der Waals surface area contributed by atoms with E-state index in [0.29, 0.717) is 15.6 Å². The average molecular weight is 198 g/mol. The van der Waals surface area contributed by atoms with Crippen LogP contribution in [-0.2, 0) is 6.61 Å². The predicted octanol–water partition coefficient (Wildman–Crippen LogP) is 2.24. The molecule has 1 heterocycles. The molecule has 0 unspecified atom stereocenters. The molecule has 0 saturated heterocycles. The number of rotatable bonds is 1. The van der Waals surface area contributed by atoms with Crippen molar-refractivity contribution < 1.29 is 14.6 Å². The van der Waals surface area contributed by atoms with Crippen LogP contribution in [-0.4, -0.2) is 10.2 Å². The second-order valence-electron chi connectivity index (χ2n) is 2.73. The van der Waals surface area contributed by atoms with E-state index >= 15 is 0 Å². The molecule has 68 valence electrons. The van der Waals surface area contributed by atoms with Crippen molar-refractivity contribution in [3.8, 4) is 5.75 Å². The highest BCUT2D eigenvalue weighted by molar-refractivity contribution is 7.17. The summed E-state index contributed by atoms with van der Waals surface area (Å²) in [6.45, 7) is -0.193. The first-order valence-electron chi connectivity index (χ1n) is 3.72. The minimum atomic E-state index is -0.310. The van der Waals surface area contributed by atoms with E-state index in [1.807, 2.05) is 0 Å². The number of phenolic OH excluding ortho intramolecular Hbond substituents is 1. The predicted molar refractivity (Wildman–Crippen MR) is 49.4 cm³/mol. The van der Waals surface area contributed by atoms with E-state index in [1.165, 1.54) is 18.2 Å². The van der Waals surface area contributed by atoms with Crippen LogP contribution in [0.2, 0.25) is 0 Å². The fraction of sp³-hybridized carbons (Fsp3) is 0.111. The van der Waals surface area contributed by atoms with Gasteiger partial charge in [-0.1, -0.05) is 0 Å². The Bertz CT molecular complexity index is 450. The van der Waals surface area contributed by atoms with Gasteiger partial charge in [0.2, 0.25) is 0 Å². The van der Waals surface area contributed by atoms with Crippen LogP contribution in [0.3, 0.4) is 0 Å². The van der Waals surface area contributed by atoms with Crippen LogP contribution in [0.4, 0.5) is 4.39 Å². The number of hydrogen-bond donors (Lipinski definition) is 2. The van der Waals surface area contributed by atoms with Gasteiger partial charge in [-0.05, 0) is 23.8 Å². The topological polar surface area (TPSA) is 40.5 Å². The number of hydrogen-bond acceptors (Lipinski definition) is 3. The van der Waals surface area contributed by atoms with Gasteiger partial charge < -0.3 is 10.2 Å². The summed E-state index contributed by atoms with van der Waals surface area (Å²) >= 11 is 0.958. The highest BCUT2D eigenvalue weighted by Crippen LogP contribution is 2.31. The molecule has 2 rings (SSSR count). The highest BCUT2D eigenvalue weighted by atomic mass is 32.1. The number of phenols is 1. The largest absolute Gasteiger partial charge is 0.508 e. The number of benzene rings is 1. The van der Waals surface area contributed by atoms with Crippen LogP contribution in [0.5, 0.6) is 5.75 Å². The minimum absolute atomic E-state index is 0.0541. The molecule has 0 aliphatic carbocycles. The van der Waals surface area contributed by atoms with Crippen LogP contribution in [0, 0.1) is 5.13 Å². The van der Waals surface area contributed by atoms with E-state index < -0.39 is 0 Å². The number of halogens is 1. The van der Waals surface area contributed by atoms with Gasteiger partial charge in [-0.2, -0.15) is 4.39 Å². The fourth-order valence-electron chi connectivity index (χ4n) is 1.30. The summed E-state index contributed by atoms with van der Waals surface area (Å²) < 4.78 is 13.5. The first kappa shape index (κ1) is 8.47. The molecule has 0 bridgehead atoms. The molecular weight excluding hydrogens is 191 g/mol. The molecular formula is C9H7FO2S. The van der Waals surface area contributed by atoms with Crippen molar-refractivity contribution in [1.82, 2.24) is 0 Å². The van der Waals surface area contributed by atoms with Crippen molar-refractivity contribution >= 4 is 21.4 Å². The maximum Gasteiger partial charge on any atom is 0.177 e. The number of aromatic hydroxyl groups is 1. The van der Waals surface area contributed by atoms with Gasteiger partial charge in [-0.3, -0.25) is 0 Å². The van der Waals surface area contributed by atoms with E-state index in [1.54, 1.807) is 0 Å². The molecule has 2 nitrogen and oxygen atoms in total. The smallest absolute Gasteiger partial charge is 0.177 e. The van der Waals surface area contributed by atoms with E-state index in [9.17, 15) is 9.50 Å². The lowest BCUT2D eigenvalue weighted by molar-refractivity contribution is 0.283. The summed E-state index contributed by atoms with van der Waals surface area (Å²) in [5.41, 5.74) is 0.551. The summed E-state index contributed by atoms with van der Waals surface area (Å²) in [5, 5.41) is 18.5. The molecule has 1 aromatic heterocycles. The Balaban J connectivity index is 2.80. The number of aliphatic hydroxyl groups is 1. The van der Waals surface area contributed by atoms with Crippen LogP contribution in [0.1, 0.15) is 5.56 Å². The monoisotopic (exact) mass is 198 g/mol. The maximum atomic E-state index is 12.8.